The Hall–Kier alpha value is -4.77. The topological polar surface area (TPSA) is 493 Å². The lowest BCUT2D eigenvalue weighted by Gasteiger charge is -2.21. The first kappa shape index (κ1) is 96.6. The number of nitrogens with one attached hydrogen (secondary N) is 4. The van der Waals surface area contributed by atoms with E-state index in [2.05, 4.69) is 59.0 Å². The lowest BCUT2D eigenvalue weighted by molar-refractivity contribution is -0.129. The van der Waals surface area contributed by atoms with Crippen molar-refractivity contribution < 1.29 is 128 Å². The van der Waals surface area contributed by atoms with Gasteiger partial charge in [-0.3, -0.25) is 37.6 Å². The summed E-state index contributed by atoms with van der Waals surface area (Å²) in [5.74, 6) is -0.115. The summed E-state index contributed by atoms with van der Waals surface area (Å²) in [6, 6.07) is -0.412. The maximum atomic E-state index is 13.6. The average Bonchev–Trinajstić information content (AvgIpc) is 1.65. The molecule has 37 nitrogen and oxygen atoms in total. The summed E-state index contributed by atoms with van der Waals surface area (Å²) in [4.78, 5) is 118. The van der Waals surface area contributed by atoms with Crippen LogP contribution in [-0.2, 0) is 110 Å². The summed E-state index contributed by atoms with van der Waals surface area (Å²) in [6.07, 6.45) is 6.90. The summed E-state index contributed by atoms with van der Waals surface area (Å²) in [6.45, 7) is 17.8. The molecule has 3 aliphatic heterocycles. The number of ether oxygens (including phenoxy) is 13. The van der Waals surface area contributed by atoms with Gasteiger partial charge in [-0.25, -0.2) is 13.9 Å². The fourth-order valence-corrected chi connectivity index (χ4v) is 12.4. The standard InChI is InChI=1S/C70H125N9O28P2/c1-54-51-56(55(2)74-54)15-7-4-8-17-58(80)19-14-27-93-29-31-95-33-35-97-37-39-99-41-43-101-45-47-103-49-50-104-48-46-102-44-42-100-40-38-98-36-34-96-32-30-94-28-23-59(81)18-9-5-10-20-60(75-63(83)21-11-6-12-25-72-62(82)22-24-70(3)77-78-70)67(85)73-26-13-16-57-52-79(69(86)76-66(57)71)68-64(84)65(107-109(90,91)92)61(106-68)53-105-108(87,88)89/h52,55-56,60-61,64-65,68,74,84H,1,4-51,53H2,2-3H3,(H,72,82)(H,73,85)(H,75,83)(H2,71,76,86)(H2,87,88,89)(H2,90,91,92)/t55-,56-,60-,61+,64-,65?,68+/m0/s1. The van der Waals surface area contributed by atoms with Gasteiger partial charge in [-0.15, -0.1) is 0 Å². The van der Waals surface area contributed by atoms with Crippen LogP contribution in [-0.4, -0.2) is 278 Å². The van der Waals surface area contributed by atoms with E-state index in [0.29, 0.717) is 247 Å². The van der Waals surface area contributed by atoms with Crippen molar-refractivity contribution in [1.82, 2.24) is 30.8 Å². The molecule has 4 heterocycles. The Morgan fingerprint density at radius 3 is 1.57 bits per heavy atom. The number of hydrogen-bond donors (Lipinski definition) is 10. The zero-order valence-electron chi connectivity index (χ0n) is 63.9. The van der Waals surface area contributed by atoms with Crippen molar-refractivity contribution in [2.24, 2.45) is 16.1 Å². The van der Waals surface area contributed by atoms with Gasteiger partial charge in [-0.2, -0.15) is 15.2 Å². The molecule has 4 rings (SSSR count). The second kappa shape index (κ2) is 58.1. The number of aliphatic hydroxyl groups excluding tert-OH is 1. The Bertz CT molecular complexity index is 2890. The van der Waals surface area contributed by atoms with Crippen LogP contribution in [0.3, 0.4) is 0 Å². The molecule has 0 aliphatic carbocycles. The number of ketones is 2. The van der Waals surface area contributed by atoms with Gasteiger partial charge in [0.05, 0.1) is 159 Å². The number of anilines is 1. The number of allylic oxidation sites excluding steroid dienone is 1. The van der Waals surface area contributed by atoms with Gasteiger partial charge in [-0.05, 0) is 84.0 Å². The summed E-state index contributed by atoms with van der Waals surface area (Å²) >= 11 is 0. The minimum absolute atomic E-state index is 0.0174. The average molecular weight is 1600 g/mol. The molecule has 2 saturated heterocycles. The zero-order chi connectivity index (χ0) is 79.2. The predicted octanol–water partition coefficient (Wildman–Crippen LogP) is 3.76. The molecule has 628 valence electrons. The van der Waals surface area contributed by atoms with Crippen LogP contribution in [0.4, 0.5) is 5.82 Å². The van der Waals surface area contributed by atoms with Crippen molar-refractivity contribution in [1.29, 1.82) is 0 Å². The molecule has 0 spiro atoms. The van der Waals surface area contributed by atoms with Crippen LogP contribution in [0.1, 0.15) is 160 Å². The Kier molecular flexibility index (Phi) is 51.5. The number of aryl methyl sites for hydroxylation is 1. The number of aliphatic hydroxyl groups is 1. The van der Waals surface area contributed by atoms with Gasteiger partial charge >= 0.3 is 21.3 Å². The predicted molar refractivity (Wildman–Crippen MR) is 395 cm³/mol. The highest BCUT2D eigenvalue weighted by Gasteiger charge is 2.49. The smallest absolute Gasteiger partial charge is 0.386 e. The van der Waals surface area contributed by atoms with E-state index >= 15 is 0 Å². The number of phosphoric ester groups is 2. The molecular weight excluding hydrogens is 1480 g/mol. The molecule has 0 radical (unpaired) electrons. The largest absolute Gasteiger partial charge is 0.470 e. The highest BCUT2D eigenvalue weighted by molar-refractivity contribution is 7.46. The van der Waals surface area contributed by atoms with Gasteiger partial charge < -0.3 is 113 Å². The number of Topliss-reactive ketones (excluding diaryl/α,β-unsaturated/α-hetero) is 2. The van der Waals surface area contributed by atoms with E-state index in [1.165, 1.54) is 19.0 Å². The Morgan fingerprint density at radius 1 is 0.606 bits per heavy atom. The van der Waals surface area contributed by atoms with Crippen LogP contribution in [0.2, 0.25) is 0 Å². The van der Waals surface area contributed by atoms with Crippen molar-refractivity contribution in [2.75, 3.05) is 184 Å². The molecule has 1 unspecified atom stereocenters. The number of unbranched alkanes of at least 4 members (excludes halogenated alkanes) is 6. The maximum Gasteiger partial charge on any atom is 0.470 e. The molecule has 3 aliphatic rings. The Balaban J connectivity index is 0.914. The van der Waals surface area contributed by atoms with Gasteiger partial charge in [-0.1, -0.05) is 38.7 Å². The second-order valence-corrected chi connectivity index (χ2v) is 29.2. The van der Waals surface area contributed by atoms with E-state index in [0.717, 1.165) is 35.9 Å². The van der Waals surface area contributed by atoms with Crippen LogP contribution in [0.25, 0.3) is 0 Å². The normalized spacial score (nSPS) is 18.5. The van der Waals surface area contributed by atoms with Crippen LogP contribution < -0.4 is 32.7 Å². The maximum absolute atomic E-state index is 13.6. The Labute approximate surface area is 639 Å². The molecule has 7 atom stereocenters. The van der Waals surface area contributed by atoms with Crippen molar-refractivity contribution in [3.05, 3.63) is 34.5 Å². The second-order valence-electron chi connectivity index (χ2n) is 26.8. The van der Waals surface area contributed by atoms with E-state index in [-0.39, 0.29) is 74.2 Å². The molecule has 0 bridgehead atoms. The van der Waals surface area contributed by atoms with Crippen LogP contribution in [0.15, 0.2) is 33.5 Å². The SMILES string of the molecule is C=C1C[C@H](CCCCCC(=O)CCCOCCOCCOCCOCCOCCOCCOCCOCCOCCOCCOCCOCCC(=O)CCCCC[C@H](NC(=O)CCCCCNC(=O)CCC2(C)N=N2)C(=O)NCCCc2cn([C@@H]3O[C@H](COP(=O)(O)O)C(OP(=O)(O)O)[C@@H]3O)c(=O)nc2N)[C@H](C)N1. The first-order chi connectivity index (χ1) is 52.4. The van der Waals surface area contributed by atoms with Crippen LogP contribution >= 0.6 is 15.6 Å². The van der Waals surface area contributed by atoms with Crippen molar-refractivity contribution in [3.63, 3.8) is 0 Å². The fourth-order valence-electron chi connectivity index (χ4n) is 11.5. The van der Waals surface area contributed by atoms with E-state index in [1.54, 1.807) is 0 Å². The van der Waals surface area contributed by atoms with Crippen LogP contribution in [0.5, 0.6) is 0 Å². The number of rotatable bonds is 73. The lowest BCUT2D eigenvalue weighted by Crippen LogP contribution is -2.47. The van der Waals surface area contributed by atoms with E-state index in [9.17, 15) is 62.6 Å². The van der Waals surface area contributed by atoms with Crippen molar-refractivity contribution in [2.45, 2.75) is 197 Å². The first-order valence-electron chi connectivity index (χ1n) is 38.3. The molecule has 3 amide bonds. The first-order valence-corrected chi connectivity index (χ1v) is 41.3. The molecular formula is C70H125N9O28P2. The lowest BCUT2D eigenvalue weighted by atomic mass is 9.94. The number of carbonyl (C=O) groups excluding carboxylic acids is 5. The molecule has 1 aromatic rings. The molecule has 1 aromatic heterocycles. The van der Waals surface area contributed by atoms with Gasteiger partial charge in [0.15, 0.2) is 11.9 Å². The van der Waals surface area contributed by atoms with Gasteiger partial charge in [0.2, 0.25) is 17.7 Å². The summed E-state index contributed by atoms with van der Waals surface area (Å²) < 4.78 is 105. The monoisotopic (exact) mass is 1600 g/mol. The molecule has 109 heavy (non-hydrogen) atoms. The Morgan fingerprint density at radius 2 is 1.07 bits per heavy atom. The third-order valence-electron chi connectivity index (χ3n) is 17.5. The van der Waals surface area contributed by atoms with E-state index in [1.807, 2.05) is 6.92 Å². The minimum atomic E-state index is -5.31. The molecule has 11 N–H and O–H groups in total. The van der Waals surface area contributed by atoms with Crippen LogP contribution in [0, 0.1) is 5.92 Å². The number of nitrogen functional groups attached to an aromatic ring is 1. The quantitative estimate of drug-likeness (QED) is 0.0328. The number of phosphoric acid groups is 2. The summed E-state index contributed by atoms with van der Waals surface area (Å²) in [7, 11) is -10.4. The highest BCUT2D eigenvalue weighted by atomic mass is 31.2. The third kappa shape index (κ3) is 48.8. The molecule has 0 saturated carbocycles. The van der Waals surface area contributed by atoms with E-state index in [4.69, 9.17) is 67.3 Å². The highest BCUT2D eigenvalue weighted by Crippen LogP contribution is 2.45. The van der Waals surface area contributed by atoms with Crippen molar-refractivity contribution >= 4 is 50.8 Å². The number of aromatic nitrogens is 2. The number of nitrogens with zero attached hydrogens (tertiary/aromatic N) is 4. The summed E-state index contributed by atoms with van der Waals surface area (Å²) in [5.41, 5.74) is 5.93. The zero-order valence-corrected chi connectivity index (χ0v) is 65.6. The minimum Gasteiger partial charge on any atom is -0.386 e. The summed E-state index contributed by atoms with van der Waals surface area (Å²) in [5, 5.41) is 30.7. The number of carbonyl (C=O) groups is 5. The molecule has 2 fully saturated rings. The number of amides is 3. The molecule has 0 aromatic carbocycles. The number of nitrogens with two attached hydrogens (primary N) is 1. The third-order valence-corrected chi connectivity index (χ3v) is 18.5. The fraction of sp³-hybridized carbons (Fsp3) is 0.843. The van der Waals surface area contributed by atoms with Gasteiger partial charge in [0, 0.05) is 88.1 Å². The van der Waals surface area contributed by atoms with E-state index < -0.39 is 70.1 Å². The van der Waals surface area contributed by atoms with Gasteiger partial charge in [0.1, 0.15) is 41.7 Å². The number of hydrogen-bond acceptors (Lipinski definition) is 29. The molecule has 39 heteroatoms. The van der Waals surface area contributed by atoms with Crippen molar-refractivity contribution in [3.8, 4) is 0 Å². The van der Waals surface area contributed by atoms with Gasteiger partial charge in [0.25, 0.3) is 0 Å².